The molecule has 2 amide bonds. The number of nitrogens with zero attached hydrogens (tertiary/aromatic N) is 1. The van der Waals surface area contributed by atoms with Crippen LogP contribution in [-0.4, -0.2) is 15.7 Å². The van der Waals surface area contributed by atoms with Gasteiger partial charge >= 0.3 is 6.03 Å². The average Bonchev–Trinajstić information content (AvgIpc) is 2.45. The summed E-state index contributed by atoms with van der Waals surface area (Å²) >= 11 is 11.5. The highest BCUT2D eigenvalue weighted by Crippen LogP contribution is 2.34. The molecule has 0 saturated carbocycles. The lowest BCUT2D eigenvalue weighted by Crippen LogP contribution is -2.27. The number of urea groups is 1. The molecule has 0 radical (unpaired) electrons. The van der Waals surface area contributed by atoms with Crippen LogP contribution >= 0.6 is 23.2 Å². The van der Waals surface area contributed by atoms with E-state index in [1.54, 1.807) is 26.2 Å². The fourth-order valence-electron chi connectivity index (χ4n) is 1.79. The first kappa shape index (κ1) is 16.2. The van der Waals surface area contributed by atoms with E-state index in [9.17, 15) is 14.7 Å². The number of aromatic nitrogens is 1. The molecule has 0 aliphatic heterocycles. The van der Waals surface area contributed by atoms with E-state index in [1.165, 1.54) is 16.7 Å². The van der Waals surface area contributed by atoms with Crippen LogP contribution in [0.1, 0.15) is 5.56 Å². The van der Waals surface area contributed by atoms with Crippen molar-refractivity contribution >= 4 is 40.6 Å². The molecule has 2 aromatic rings. The van der Waals surface area contributed by atoms with Crippen molar-refractivity contribution in [2.45, 2.75) is 6.92 Å². The van der Waals surface area contributed by atoms with Crippen molar-refractivity contribution in [2.24, 2.45) is 7.05 Å². The number of hydrogen-bond donors (Lipinski definition) is 3. The SMILES string of the molecule is Cc1ccn(C)c(=O)c1NC(=O)Nc1cc(Cl)c(O)c(Cl)c1. The van der Waals surface area contributed by atoms with Gasteiger partial charge in [-0.1, -0.05) is 23.2 Å². The second-order valence-electron chi connectivity index (χ2n) is 4.66. The molecular formula is C14H13Cl2N3O3. The first-order chi connectivity index (χ1) is 10.3. The first-order valence-electron chi connectivity index (χ1n) is 6.22. The van der Waals surface area contributed by atoms with Gasteiger partial charge in [-0.05, 0) is 30.7 Å². The topological polar surface area (TPSA) is 83.4 Å². The largest absolute Gasteiger partial charge is 0.505 e. The number of halogens is 2. The Morgan fingerprint density at radius 2 is 1.82 bits per heavy atom. The minimum absolute atomic E-state index is 0.00889. The van der Waals surface area contributed by atoms with Crippen LogP contribution in [-0.2, 0) is 7.05 Å². The second kappa shape index (κ2) is 6.29. The van der Waals surface area contributed by atoms with Crippen molar-refractivity contribution in [3.05, 3.63) is 50.4 Å². The second-order valence-corrected chi connectivity index (χ2v) is 5.47. The smallest absolute Gasteiger partial charge is 0.323 e. The Kier molecular flexibility index (Phi) is 4.63. The number of hydrogen-bond acceptors (Lipinski definition) is 3. The molecule has 0 aliphatic carbocycles. The molecule has 0 unspecified atom stereocenters. The highest BCUT2D eigenvalue weighted by Gasteiger charge is 2.12. The molecule has 8 heteroatoms. The van der Waals surface area contributed by atoms with Crippen LogP contribution in [0.4, 0.5) is 16.2 Å². The van der Waals surface area contributed by atoms with E-state index in [4.69, 9.17) is 23.2 Å². The van der Waals surface area contributed by atoms with Crippen LogP contribution in [0.25, 0.3) is 0 Å². The fourth-order valence-corrected chi connectivity index (χ4v) is 2.27. The van der Waals surface area contributed by atoms with Gasteiger partial charge in [0, 0.05) is 18.9 Å². The van der Waals surface area contributed by atoms with Gasteiger partial charge in [0.05, 0.1) is 10.0 Å². The number of phenols is 1. The number of rotatable bonds is 2. The molecule has 1 aromatic carbocycles. The predicted octanol–water partition coefficient (Wildman–Crippen LogP) is 3.35. The van der Waals surface area contributed by atoms with Gasteiger partial charge in [-0.2, -0.15) is 0 Å². The van der Waals surface area contributed by atoms with Crippen LogP contribution in [0, 0.1) is 6.92 Å². The Bertz CT molecular complexity index is 779. The third kappa shape index (κ3) is 3.35. The average molecular weight is 342 g/mol. The number of pyridine rings is 1. The molecule has 0 fully saturated rings. The molecule has 0 atom stereocenters. The number of anilines is 2. The molecule has 1 heterocycles. The minimum atomic E-state index is -0.621. The summed E-state index contributed by atoms with van der Waals surface area (Å²) in [7, 11) is 1.59. The van der Waals surface area contributed by atoms with Gasteiger partial charge in [-0.3, -0.25) is 4.79 Å². The molecule has 116 valence electrons. The van der Waals surface area contributed by atoms with Gasteiger partial charge in [0.1, 0.15) is 5.69 Å². The Hall–Kier alpha value is -2.18. The summed E-state index contributed by atoms with van der Waals surface area (Å²) in [5.41, 5.74) is 0.783. The maximum Gasteiger partial charge on any atom is 0.323 e. The normalized spacial score (nSPS) is 10.4. The molecular weight excluding hydrogens is 329 g/mol. The number of carbonyl (C=O) groups is 1. The van der Waals surface area contributed by atoms with E-state index in [0.717, 1.165) is 0 Å². The molecule has 1 aromatic heterocycles. The van der Waals surface area contributed by atoms with Crippen LogP contribution in [0.3, 0.4) is 0 Å². The van der Waals surface area contributed by atoms with Gasteiger partial charge < -0.3 is 20.3 Å². The summed E-state index contributed by atoms with van der Waals surface area (Å²) in [6.45, 7) is 1.71. The Labute approximate surface area is 136 Å². The molecule has 3 N–H and O–H groups in total. The Morgan fingerprint density at radius 1 is 1.23 bits per heavy atom. The fraction of sp³-hybridized carbons (Fsp3) is 0.143. The van der Waals surface area contributed by atoms with Gasteiger partial charge in [0.2, 0.25) is 0 Å². The third-order valence-electron chi connectivity index (χ3n) is 2.99. The van der Waals surface area contributed by atoms with Gasteiger partial charge in [-0.15, -0.1) is 0 Å². The van der Waals surface area contributed by atoms with Crippen molar-refractivity contribution < 1.29 is 9.90 Å². The number of carbonyl (C=O) groups excluding carboxylic acids is 1. The summed E-state index contributed by atoms with van der Waals surface area (Å²) in [6, 6.07) is 3.78. The van der Waals surface area contributed by atoms with E-state index < -0.39 is 6.03 Å². The summed E-state index contributed by atoms with van der Waals surface area (Å²) in [5.74, 6) is -0.262. The maximum absolute atomic E-state index is 12.0. The first-order valence-corrected chi connectivity index (χ1v) is 6.97. The standard InChI is InChI=1S/C14H13Cl2N3O3/c1-7-3-4-19(2)13(21)11(7)18-14(22)17-8-5-9(15)12(20)10(16)6-8/h3-6,20H,1-2H3,(H2,17,18,22). The van der Waals surface area contributed by atoms with E-state index in [1.807, 2.05) is 0 Å². The highest BCUT2D eigenvalue weighted by molar-refractivity contribution is 6.37. The van der Waals surface area contributed by atoms with E-state index in [0.29, 0.717) is 5.56 Å². The zero-order valence-electron chi connectivity index (χ0n) is 11.8. The molecule has 0 saturated heterocycles. The van der Waals surface area contributed by atoms with Gasteiger partial charge in [0.25, 0.3) is 5.56 Å². The molecule has 0 aliphatic rings. The van der Waals surface area contributed by atoms with Crippen molar-refractivity contribution in [2.75, 3.05) is 10.6 Å². The number of aryl methyl sites for hydroxylation is 2. The lowest BCUT2D eigenvalue weighted by Gasteiger charge is -2.11. The zero-order chi connectivity index (χ0) is 16.4. The van der Waals surface area contributed by atoms with E-state index in [-0.39, 0.29) is 32.7 Å². The highest BCUT2D eigenvalue weighted by atomic mass is 35.5. The summed E-state index contributed by atoms with van der Waals surface area (Å²) in [5, 5.41) is 14.5. The quantitative estimate of drug-likeness (QED) is 0.732. The maximum atomic E-state index is 12.0. The number of phenolic OH excluding ortho intramolecular Hbond substituents is 1. The zero-order valence-corrected chi connectivity index (χ0v) is 13.3. The van der Waals surface area contributed by atoms with Crippen LogP contribution in [0.2, 0.25) is 10.0 Å². The van der Waals surface area contributed by atoms with Gasteiger partial charge in [0.15, 0.2) is 5.75 Å². The van der Waals surface area contributed by atoms with E-state index in [2.05, 4.69) is 10.6 Å². The lowest BCUT2D eigenvalue weighted by atomic mass is 10.2. The molecule has 0 spiro atoms. The summed E-state index contributed by atoms with van der Waals surface area (Å²) < 4.78 is 1.36. The lowest BCUT2D eigenvalue weighted by molar-refractivity contribution is 0.262. The molecule has 0 bridgehead atoms. The minimum Gasteiger partial charge on any atom is -0.505 e. The molecule has 2 rings (SSSR count). The predicted molar refractivity (Wildman–Crippen MR) is 87.2 cm³/mol. The van der Waals surface area contributed by atoms with Crippen LogP contribution < -0.4 is 16.2 Å². The molecule has 6 nitrogen and oxygen atoms in total. The van der Waals surface area contributed by atoms with Crippen molar-refractivity contribution in [1.29, 1.82) is 0 Å². The van der Waals surface area contributed by atoms with Crippen LogP contribution in [0.15, 0.2) is 29.2 Å². The van der Waals surface area contributed by atoms with Crippen molar-refractivity contribution in [3.63, 3.8) is 0 Å². The molecule has 22 heavy (non-hydrogen) atoms. The number of aromatic hydroxyl groups is 1. The van der Waals surface area contributed by atoms with Gasteiger partial charge in [-0.25, -0.2) is 4.79 Å². The van der Waals surface area contributed by atoms with Crippen molar-refractivity contribution in [3.8, 4) is 5.75 Å². The summed E-state index contributed by atoms with van der Waals surface area (Å²) in [4.78, 5) is 24.0. The van der Waals surface area contributed by atoms with E-state index >= 15 is 0 Å². The Morgan fingerprint density at radius 3 is 2.41 bits per heavy atom. The van der Waals surface area contributed by atoms with Crippen molar-refractivity contribution in [1.82, 2.24) is 4.57 Å². The van der Waals surface area contributed by atoms with Crippen LogP contribution in [0.5, 0.6) is 5.75 Å². The number of amides is 2. The monoisotopic (exact) mass is 341 g/mol. The Balaban J connectivity index is 2.21. The number of benzene rings is 1. The third-order valence-corrected chi connectivity index (χ3v) is 3.57. The summed E-state index contributed by atoms with van der Waals surface area (Å²) in [6.07, 6.45) is 1.61. The number of nitrogens with one attached hydrogen (secondary N) is 2.